The summed E-state index contributed by atoms with van der Waals surface area (Å²) in [5, 5.41) is 0. The van der Waals surface area contributed by atoms with E-state index < -0.39 is 0 Å². The van der Waals surface area contributed by atoms with E-state index in [9.17, 15) is 0 Å². The molecule has 0 radical (unpaired) electrons. The molecule has 2 aliphatic rings. The van der Waals surface area contributed by atoms with Gasteiger partial charge in [0.05, 0.1) is 19.3 Å². The van der Waals surface area contributed by atoms with Gasteiger partial charge in [0.15, 0.2) is 0 Å². The molecule has 2 aromatic rings. The zero-order valence-electron chi connectivity index (χ0n) is 15.8. The normalized spacial score (nSPS) is 20.8. The van der Waals surface area contributed by atoms with E-state index in [1.165, 1.54) is 24.1 Å². The molecule has 3 nitrogen and oxygen atoms in total. The number of rotatable bonds is 6. The summed E-state index contributed by atoms with van der Waals surface area (Å²) >= 11 is 0. The van der Waals surface area contributed by atoms with E-state index in [1.807, 2.05) is 0 Å². The molecule has 0 aliphatic carbocycles. The molecule has 0 saturated carbocycles. The summed E-state index contributed by atoms with van der Waals surface area (Å²) in [5.41, 5.74) is 3.21. The average Bonchev–Trinajstić information content (AvgIpc) is 2.68. The number of hydrogen-bond donors (Lipinski definition) is 0. The molecule has 26 heavy (non-hydrogen) atoms. The first-order valence-electron chi connectivity index (χ1n) is 9.88. The summed E-state index contributed by atoms with van der Waals surface area (Å²) in [6.07, 6.45) is 1.26. The van der Waals surface area contributed by atoms with Crippen LogP contribution in [0.1, 0.15) is 30.5 Å². The van der Waals surface area contributed by atoms with Crippen LogP contribution in [0.4, 0.5) is 0 Å². The Morgan fingerprint density at radius 1 is 0.846 bits per heavy atom. The highest BCUT2D eigenvalue weighted by Gasteiger charge is 2.34. The quantitative estimate of drug-likeness (QED) is 0.788. The highest BCUT2D eigenvalue weighted by Crippen LogP contribution is 2.32. The molecule has 2 heterocycles. The molecule has 2 aromatic carbocycles. The largest absolute Gasteiger partial charge is 0.380 e. The average molecular weight is 351 g/mol. The van der Waals surface area contributed by atoms with Crippen molar-refractivity contribution >= 4 is 0 Å². The third-order valence-electron chi connectivity index (χ3n) is 5.94. The molecule has 0 atom stereocenters. The number of benzene rings is 2. The van der Waals surface area contributed by atoms with Gasteiger partial charge in [-0.3, -0.25) is 4.90 Å². The second kappa shape index (κ2) is 7.91. The predicted molar refractivity (Wildman–Crippen MR) is 106 cm³/mol. The first-order chi connectivity index (χ1) is 12.7. The molecule has 2 fully saturated rings. The minimum Gasteiger partial charge on any atom is -0.380 e. The van der Waals surface area contributed by atoms with Crippen LogP contribution in [0.25, 0.3) is 0 Å². The van der Waals surface area contributed by atoms with Crippen molar-refractivity contribution in [3.05, 3.63) is 71.8 Å². The monoisotopic (exact) mass is 350 g/mol. The minimum atomic E-state index is 0.358. The molecular weight excluding hydrogens is 320 g/mol. The summed E-state index contributed by atoms with van der Waals surface area (Å²) in [6, 6.07) is 22.3. The lowest BCUT2D eigenvalue weighted by Crippen LogP contribution is -2.49. The fraction of sp³-hybridized carbons (Fsp3) is 0.478. The maximum absolute atomic E-state index is 5.40. The van der Waals surface area contributed by atoms with E-state index in [4.69, 9.17) is 4.74 Å². The highest BCUT2D eigenvalue weighted by atomic mass is 16.5. The van der Waals surface area contributed by atoms with Crippen LogP contribution in [0.15, 0.2) is 60.7 Å². The van der Waals surface area contributed by atoms with E-state index in [0.29, 0.717) is 11.5 Å². The number of nitrogens with zero attached hydrogens (tertiary/aromatic N) is 2. The van der Waals surface area contributed by atoms with E-state index in [2.05, 4.69) is 77.4 Å². The van der Waals surface area contributed by atoms with E-state index in [1.54, 1.807) is 0 Å². The molecule has 0 aromatic heterocycles. The highest BCUT2D eigenvalue weighted by molar-refractivity contribution is 5.31. The van der Waals surface area contributed by atoms with Crippen molar-refractivity contribution in [3.63, 3.8) is 0 Å². The van der Waals surface area contributed by atoms with Crippen LogP contribution in [-0.2, 0) is 4.74 Å². The Labute approximate surface area is 157 Å². The molecular formula is C23H30N2O. The summed E-state index contributed by atoms with van der Waals surface area (Å²) in [6.45, 7) is 10.0. The Morgan fingerprint density at radius 2 is 1.38 bits per heavy atom. The number of piperazine rings is 1. The lowest BCUT2D eigenvalue weighted by Gasteiger charge is -2.43. The third kappa shape index (κ3) is 4.01. The number of ether oxygens (including phenoxy) is 1. The van der Waals surface area contributed by atoms with Crippen LogP contribution >= 0.6 is 0 Å². The smallest absolute Gasteiger partial charge is 0.0602 e. The van der Waals surface area contributed by atoms with Gasteiger partial charge in [-0.05, 0) is 24.1 Å². The van der Waals surface area contributed by atoms with Gasteiger partial charge < -0.3 is 9.64 Å². The van der Waals surface area contributed by atoms with Crippen molar-refractivity contribution in [2.75, 3.05) is 45.9 Å². The summed E-state index contributed by atoms with van der Waals surface area (Å²) in [4.78, 5) is 5.28. The lowest BCUT2D eigenvalue weighted by molar-refractivity contribution is -0.109. The van der Waals surface area contributed by atoms with Crippen LogP contribution in [0, 0.1) is 5.41 Å². The van der Waals surface area contributed by atoms with Crippen molar-refractivity contribution < 1.29 is 4.74 Å². The Kier molecular flexibility index (Phi) is 5.39. The molecule has 3 heteroatoms. The maximum atomic E-state index is 5.40. The van der Waals surface area contributed by atoms with E-state index >= 15 is 0 Å². The van der Waals surface area contributed by atoms with Crippen LogP contribution < -0.4 is 0 Å². The lowest BCUT2D eigenvalue weighted by atomic mass is 9.85. The molecule has 2 aliphatic heterocycles. The minimum absolute atomic E-state index is 0.358. The first kappa shape index (κ1) is 17.7. The van der Waals surface area contributed by atoms with E-state index in [-0.39, 0.29) is 0 Å². The van der Waals surface area contributed by atoms with Gasteiger partial charge in [-0.1, -0.05) is 67.6 Å². The van der Waals surface area contributed by atoms with Crippen LogP contribution in [0.5, 0.6) is 0 Å². The summed E-state index contributed by atoms with van der Waals surface area (Å²) in [7, 11) is 0. The van der Waals surface area contributed by atoms with Gasteiger partial charge in [-0.25, -0.2) is 0 Å². The van der Waals surface area contributed by atoms with Gasteiger partial charge in [0.2, 0.25) is 0 Å². The van der Waals surface area contributed by atoms with Crippen LogP contribution in [0.2, 0.25) is 0 Å². The summed E-state index contributed by atoms with van der Waals surface area (Å²) in [5.74, 6) is 0. The van der Waals surface area contributed by atoms with Crippen LogP contribution in [0.3, 0.4) is 0 Å². The van der Waals surface area contributed by atoms with E-state index in [0.717, 1.165) is 39.4 Å². The Balaban J connectivity index is 1.41. The van der Waals surface area contributed by atoms with Gasteiger partial charge in [0.1, 0.15) is 0 Å². The van der Waals surface area contributed by atoms with Gasteiger partial charge >= 0.3 is 0 Å². The Bertz CT molecular complexity index is 636. The molecule has 0 amide bonds. The van der Waals surface area contributed by atoms with Gasteiger partial charge in [0.25, 0.3) is 0 Å². The Hall–Kier alpha value is -1.68. The maximum Gasteiger partial charge on any atom is 0.0602 e. The predicted octanol–water partition coefficient (Wildman–Crippen LogP) is 3.82. The zero-order valence-corrected chi connectivity index (χ0v) is 15.8. The second-order valence-electron chi connectivity index (χ2n) is 8.15. The Morgan fingerprint density at radius 3 is 1.85 bits per heavy atom. The van der Waals surface area contributed by atoms with Crippen molar-refractivity contribution in [2.24, 2.45) is 5.41 Å². The SMILES string of the molecule is CC1(CCN2CCN(C(c3ccccc3)c3ccccc3)CC2)COC1. The molecule has 2 saturated heterocycles. The summed E-state index contributed by atoms with van der Waals surface area (Å²) < 4.78 is 5.40. The number of hydrogen-bond acceptors (Lipinski definition) is 3. The third-order valence-corrected chi connectivity index (χ3v) is 5.94. The van der Waals surface area contributed by atoms with Gasteiger partial charge in [-0.15, -0.1) is 0 Å². The van der Waals surface area contributed by atoms with Crippen LogP contribution in [-0.4, -0.2) is 55.7 Å². The molecule has 0 unspecified atom stereocenters. The van der Waals surface area contributed by atoms with Gasteiger partial charge in [0, 0.05) is 31.6 Å². The van der Waals surface area contributed by atoms with Crippen molar-refractivity contribution in [1.29, 1.82) is 0 Å². The molecule has 138 valence electrons. The second-order valence-corrected chi connectivity index (χ2v) is 8.15. The standard InChI is InChI=1S/C23H30N2O/c1-23(18-26-19-23)12-13-24-14-16-25(17-15-24)22(20-8-4-2-5-9-20)21-10-6-3-7-11-21/h2-11,22H,12-19H2,1H3. The first-order valence-corrected chi connectivity index (χ1v) is 9.88. The fourth-order valence-electron chi connectivity index (χ4n) is 4.15. The van der Waals surface area contributed by atoms with Crippen molar-refractivity contribution in [3.8, 4) is 0 Å². The van der Waals surface area contributed by atoms with Gasteiger partial charge in [-0.2, -0.15) is 0 Å². The van der Waals surface area contributed by atoms with Crippen molar-refractivity contribution in [2.45, 2.75) is 19.4 Å². The van der Waals surface area contributed by atoms with Crippen molar-refractivity contribution in [1.82, 2.24) is 9.80 Å². The zero-order chi connectivity index (χ0) is 17.8. The fourth-order valence-corrected chi connectivity index (χ4v) is 4.15. The topological polar surface area (TPSA) is 15.7 Å². The molecule has 0 spiro atoms. The molecule has 0 N–H and O–H groups in total. The molecule has 0 bridgehead atoms. The molecule has 4 rings (SSSR count).